The zero-order chi connectivity index (χ0) is 22.0. The fraction of sp³-hybridized carbons (Fsp3) is 0.391. The number of ether oxygens (including phenoxy) is 1. The van der Waals surface area contributed by atoms with Gasteiger partial charge in [0.25, 0.3) is 0 Å². The van der Waals surface area contributed by atoms with Gasteiger partial charge in [0.15, 0.2) is 10.6 Å². The van der Waals surface area contributed by atoms with Gasteiger partial charge in [0, 0.05) is 25.7 Å². The number of phenols is 2. The molecule has 0 atom stereocenters. The topological polar surface area (TPSA) is 86.5 Å². The lowest BCUT2D eigenvalue weighted by molar-refractivity contribution is 0.0342. The van der Waals surface area contributed by atoms with Crippen LogP contribution < -0.4 is 0 Å². The number of hydrogen-bond acceptors (Lipinski definition) is 6. The van der Waals surface area contributed by atoms with Crippen molar-refractivity contribution in [2.45, 2.75) is 32.9 Å². The summed E-state index contributed by atoms with van der Waals surface area (Å²) in [6.07, 6.45) is 0. The number of nitrogens with zero attached hydrogens (tertiary/aromatic N) is 3. The molecule has 0 aliphatic carbocycles. The van der Waals surface area contributed by atoms with Crippen LogP contribution in [-0.2, 0) is 17.8 Å². The molecule has 1 saturated heterocycles. The molecule has 3 N–H and O–H groups in total. The highest BCUT2D eigenvalue weighted by Crippen LogP contribution is 2.37. The van der Waals surface area contributed by atoms with Gasteiger partial charge in [-0.3, -0.25) is 14.6 Å². The molecular weight excluding hydrogens is 448 g/mol. The first-order valence-electron chi connectivity index (χ1n) is 10.5. The Morgan fingerprint density at radius 2 is 1.75 bits per heavy atom. The molecule has 4 rings (SSSR count). The second-order valence-electron chi connectivity index (χ2n) is 8.23. The first-order valence-corrected chi connectivity index (χ1v) is 10.9. The minimum absolute atomic E-state index is 0. The van der Waals surface area contributed by atoms with Crippen LogP contribution in [0.1, 0.15) is 36.5 Å². The quantitative estimate of drug-likeness (QED) is 0.456. The maximum Gasteiger partial charge on any atom is 0.195 e. The van der Waals surface area contributed by atoms with E-state index in [9.17, 15) is 10.2 Å². The summed E-state index contributed by atoms with van der Waals surface area (Å²) >= 11 is 5.48. The Kier molecular flexibility index (Phi) is 7.95. The van der Waals surface area contributed by atoms with Crippen LogP contribution in [-0.4, -0.2) is 56.2 Å². The van der Waals surface area contributed by atoms with Crippen molar-refractivity contribution < 1.29 is 14.9 Å². The van der Waals surface area contributed by atoms with Crippen LogP contribution in [0.4, 0.5) is 0 Å². The zero-order valence-electron chi connectivity index (χ0n) is 18.2. The van der Waals surface area contributed by atoms with Crippen LogP contribution >= 0.6 is 24.6 Å². The van der Waals surface area contributed by atoms with Crippen molar-refractivity contribution in [2.75, 3.05) is 26.3 Å². The van der Waals surface area contributed by atoms with Crippen LogP contribution in [0, 0.1) is 4.77 Å². The Labute approximate surface area is 199 Å². The monoisotopic (exact) mass is 476 g/mol. The van der Waals surface area contributed by atoms with Crippen LogP contribution in [0.5, 0.6) is 11.5 Å². The molecule has 2 heterocycles. The summed E-state index contributed by atoms with van der Waals surface area (Å²) in [5.74, 6) is 0.695. The first kappa shape index (κ1) is 24.3. The van der Waals surface area contributed by atoms with Crippen molar-refractivity contribution in [1.82, 2.24) is 19.7 Å². The van der Waals surface area contributed by atoms with Crippen LogP contribution in [0.15, 0.2) is 36.4 Å². The van der Waals surface area contributed by atoms with Gasteiger partial charge in [-0.1, -0.05) is 38.1 Å². The maximum absolute atomic E-state index is 10.5. The van der Waals surface area contributed by atoms with Crippen LogP contribution in [0.3, 0.4) is 0 Å². The molecule has 172 valence electrons. The van der Waals surface area contributed by atoms with Gasteiger partial charge >= 0.3 is 0 Å². The Bertz CT molecular complexity index is 1120. The van der Waals surface area contributed by atoms with E-state index in [4.69, 9.17) is 17.0 Å². The van der Waals surface area contributed by atoms with Crippen LogP contribution in [0.25, 0.3) is 11.4 Å². The number of rotatable bonds is 6. The van der Waals surface area contributed by atoms with Crippen molar-refractivity contribution in [3.05, 3.63) is 57.9 Å². The van der Waals surface area contributed by atoms with E-state index < -0.39 is 0 Å². The Morgan fingerprint density at radius 1 is 1.06 bits per heavy atom. The molecule has 3 aromatic rings. The molecule has 1 aliphatic rings. The van der Waals surface area contributed by atoms with E-state index in [1.807, 2.05) is 18.4 Å². The number of aromatic amines is 1. The maximum atomic E-state index is 10.5. The first-order chi connectivity index (χ1) is 14.9. The van der Waals surface area contributed by atoms with E-state index in [0.717, 1.165) is 44.0 Å². The minimum Gasteiger partial charge on any atom is -0.508 e. The SMILES string of the molecule is CC(C)c1cc(-c2n[nH]c(=S)n2Cc2cccc(CN3CCOCC3)c2)c(O)cc1O.Cl. The second-order valence-corrected chi connectivity index (χ2v) is 8.62. The van der Waals surface area contributed by atoms with Crippen LogP contribution in [0.2, 0.25) is 0 Å². The lowest BCUT2D eigenvalue weighted by Gasteiger charge is -2.26. The summed E-state index contributed by atoms with van der Waals surface area (Å²) < 4.78 is 7.79. The summed E-state index contributed by atoms with van der Waals surface area (Å²) in [5, 5.41) is 27.9. The predicted octanol–water partition coefficient (Wildman–Crippen LogP) is 4.44. The molecule has 1 fully saturated rings. The van der Waals surface area contributed by atoms with E-state index in [1.165, 1.54) is 11.6 Å². The molecule has 0 saturated carbocycles. The van der Waals surface area contributed by atoms with Crippen molar-refractivity contribution in [1.29, 1.82) is 0 Å². The van der Waals surface area contributed by atoms with E-state index in [2.05, 4.69) is 39.4 Å². The third-order valence-corrected chi connectivity index (χ3v) is 5.92. The van der Waals surface area contributed by atoms with Gasteiger partial charge in [-0.2, -0.15) is 5.10 Å². The summed E-state index contributed by atoms with van der Waals surface area (Å²) in [7, 11) is 0. The molecular formula is C23H29ClN4O3S. The predicted molar refractivity (Wildman–Crippen MR) is 129 cm³/mol. The fourth-order valence-electron chi connectivity index (χ4n) is 3.93. The standard InChI is InChI=1S/C23H28N4O3S.ClH/c1-15(2)18-11-19(21(29)12-20(18)28)22-24-25-23(31)27(22)14-17-5-3-4-16(10-17)13-26-6-8-30-9-7-26;/h3-5,10-12,15,28-29H,6-9,13-14H2,1-2H3,(H,25,31);1H. The van der Waals surface area contributed by atoms with Gasteiger partial charge in [0.2, 0.25) is 0 Å². The summed E-state index contributed by atoms with van der Waals surface area (Å²) in [6.45, 7) is 8.85. The number of hydrogen-bond donors (Lipinski definition) is 3. The second kappa shape index (κ2) is 10.5. The van der Waals surface area contributed by atoms with Gasteiger partial charge < -0.3 is 14.9 Å². The number of aromatic hydroxyl groups is 2. The molecule has 0 spiro atoms. The molecule has 1 aromatic heterocycles. The fourth-order valence-corrected chi connectivity index (χ4v) is 4.13. The van der Waals surface area contributed by atoms with E-state index in [1.54, 1.807) is 6.07 Å². The number of benzene rings is 2. The Hall–Kier alpha value is -2.39. The molecule has 9 heteroatoms. The molecule has 0 amide bonds. The molecule has 2 aromatic carbocycles. The highest BCUT2D eigenvalue weighted by Gasteiger charge is 2.18. The van der Waals surface area contributed by atoms with Crippen molar-refractivity contribution in [3.8, 4) is 22.9 Å². The number of phenolic OH excluding ortho intramolecular Hbond substituents is 2. The number of halogens is 1. The summed E-state index contributed by atoms with van der Waals surface area (Å²) in [5.41, 5.74) is 3.64. The third-order valence-electron chi connectivity index (χ3n) is 5.61. The molecule has 7 nitrogen and oxygen atoms in total. The lowest BCUT2D eigenvalue weighted by atomic mass is 9.98. The molecule has 0 radical (unpaired) electrons. The van der Waals surface area contributed by atoms with Gasteiger partial charge in [0.05, 0.1) is 25.3 Å². The van der Waals surface area contributed by atoms with Crippen molar-refractivity contribution in [3.63, 3.8) is 0 Å². The number of morpholine rings is 1. The largest absolute Gasteiger partial charge is 0.508 e. The van der Waals surface area contributed by atoms with Gasteiger partial charge in [0.1, 0.15) is 11.5 Å². The Morgan fingerprint density at radius 3 is 2.44 bits per heavy atom. The minimum atomic E-state index is -0.0294. The molecule has 0 bridgehead atoms. The third kappa shape index (κ3) is 5.32. The Balaban J connectivity index is 0.00000289. The van der Waals surface area contributed by atoms with Gasteiger partial charge in [-0.25, -0.2) is 0 Å². The average molecular weight is 477 g/mol. The molecule has 32 heavy (non-hydrogen) atoms. The van der Waals surface area contributed by atoms with E-state index >= 15 is 0 Å². The molecule has 0 unspecified atom stereocenters. The number of aromatic nitrogens is 3. The normalized spacial score (nSPS) is 14.5. The van der Waals surface area contributed by atoms with Gasteiger partial charge in [-0.15, -0.1) is 12.4 Å². The number of nitrogens with one attached hydrogen (secondary N) is 1. The number of H-pyrrole nitrogens is 1. The smallest absolute Gasteiger partial charge is 0.195 e. The molecule has 1 aliphatic heterocycles. The summed E-state index contributed by atoms with van der Waals surface area (Å²) in [4.78, 5) is 2.39. The zero-order valence-corrected chi connectivity index (χ0v) is 19.9. The van der Waals surface area contributed by atoms with E-state index in [0.29, 0.717) is 22.7 Å². The highest BCUT2D eigenvalue weighted by molar-refractivity contribution is 7.71. The lowest BCUT2D eigenvalue weighted by Crippen LogP contribution is -2.35. The average Bonchev–Trinajstić information content (AvgIpc) is 3.09. The van der Waals surface area contributed by atoms with Crippen molar-refractivity contribution in [2.24, 2.45) is 0 Å². The van der Waals surface area contributed by atoms with E-state index in [-0.39, 0.29) is 29.8 Å². The summed E-state index contributed by atoms with van der Waals surface area (Å²) in [6, 6.07) is 11.6. The highest BCUT2D eigenvalue weighted by atomic mass is 35.5. The van der Waals surface area contributed by atoms with Gasteiger partial charge in [-0.05, 0) is 40.9 Å². The van der Waals surface area contributed by atoms with Crippen molar-refractivity contribution >= 4 is 24.6 Å².